The first-order chi connectivity index (χ1) is 14.8. The van der Waals surface area contributed by atoms with Crippen molar-refractivity contribution in [2.24, 2.45) is 5.92 Å². The minimum absolute atomic E-state index is 0.168. The molecule has 1 amide bonds. The highest BCUT2D eigenvalue weighted by atomic mass is 16.4. The molecule has 31 heavy (non-hydrogen) atoms. The quantitative estimate of drug-likeness (QED) is 0.441. The molecule has 166 valence electrons. The minimum atomic E-state index is -2.27. The van der Waals surface area contributed by atoms with Gasteiger partial charge in [0.2, 0.25) is 5.91 Å². The number of aliphatic hydroxyl groups excluding tert-OH is 2. The van der Waals surface area contributed by atoms with Gasteiger partial charge in [-0.15, -0.1) is 0 Å². The van der Waals surface area contributed by atoms with Crippen LogP contribution in [0.5, 0.6) is 0 Å². The third-order valence-corrected chi connectivity index (χ3v) is 4.71. The maximum absolute atomic E-state index is 12.8. The number of amides is 1. The number of aliphatic carboxylic acids is 2. The van der Waals surface area contributed by atoms with E-state index >= 15 is 0 Å². The van der Waals surface area contributed by atoms with Crippen molar-refractivity contribution in [3.8, 4) is 0 Å². The van der Waals surface area contributed by atoms with Gasteiger partial charge in [0, 0.05) is 17.8 Å². The van der Waals surface area contributed by atoms with Crippen LogP contribution >= 0.6 is 0 Å². The molecule has 0 spiro atoms. The lowest BCUT2D eigenvalue weighted by molar-refractivity contribution is -0.165. The fraction of sp³-hybridized carbons (Fsp3) is 0.318. The number of nitrogens with one attached hydrogen (secondary N) is 1. The van der Waals surface area contributed by atoms with Gasteiger partial charge in [0.15, 0.2) is 12.2 Å². The van der Waals surface area contributed by atoms with Crippen LogP contribution in [-0.4, -0.2) is 63.6 Å². The number of aliphatic hydroxyl groups is 2. The van der Waals surface area contributed by atoms with Crippen molar-refractivity contribution in [2.45, 2.75) is 25.0 Å². The lowest BCUT2D eigenvalue weighted by Gasteiger charge is -2.24. The predicted octanol–water partition coefficient (Wildman–Crippen LogP) is 1.23. The number of hydrogen-bond acceptors (Lipinski definition) is 6. The number of carboxylic acid groups (broad SMARTS) is 2. The second kappa shape index (κ2) is 11.8. The summed E-state index contributed by atoms with van der Waals surface area (Å²) in [5.41, 5.74) is 1.86. The number of carboxylic acids is 2. The number of carbonyl (C=O) groups excluding carboxylic acids is 1. The molecular weight excluding hydrogens is 404 g/mol. The first-order valence-electron chi connectivity index (χ1n) is 9.76. The average Bonchev–Trinajstić information content (AvgIpc) is 3.27. The molecule has 1 fully saturated rings. The number of benzene rings is 2. The SMILES string of the molecule is O=C(C[C@@H]1CCNC1)N(c1ccccc1)c1ccccc1.O=C(O)C(O)C(O)C(=O)O. The van der Waals surface area contributed by atoms with Crippen molar-refractivity contribution in [3.63, 3.8) is 0 Å². The summed E-state index contributed by atoms with van der Waals surface area (Å²) in [6.07, 6.45) is -2.85. The third kappa shape index (κ3) is 7.18. The summed E-state index contributed by atoms with van der Waals surface area (Å²) >= 11 is 0. The highest BCUT2D eigenvalue weighted by Crippen LogP contribution is 2.27. The number of nitrogens with zero attached hydrogens (tertiary/aromatic N) is 1. The summed E-state index contributed by atoms with van der Waals surface area (Å²) in [6.45, 7) is 1.97. The lowest BCUT2D eigenvalue weighted by atomic mass is 10.0. The monoisotopic (exact) mass is 430 g/mol. The van der Waals surface area contributed by atoms with E-state index in [0.717, 1.165) is 30.9 Å². The minimum Gasteiger partial charge on any atom is -0.479 e. The molecule has 1 aliphatic rings. The molecule has 1 saturated heterocycles. The average molecular weight is 430 g/mol. The highest BCUT2D eigenvalue weighted by molar-refractivity contribution is 6.00. The third-order valence-electron chi connectivity index (χ3n) is 4.71. The van der Waals surface area contributed by atoms with E-state index in [2.05, 4.69) is 5.32 Å². The Bertz CT molecular complexity index is 797. The standard InChI is InChI=1S/C18H20N2O.C4H6O6/c21-18(13-15-11-12-19-14-15)20(16-7-3-1-4-8-16)17-9-5-2-6-10-17;5-1(3(7)8)2(6)4(9)10/h1-10,15,19H,11-14H2;1-2,5-6H,(H,7,8)(H,9,10)/t15-;/m0./s1. The van der Waals surface area contributed by atoms with Crippen molar-refractivity contribution in [3.05, 3.63) is 60.7 Å². The Morgan fingerprint density at radius 3 is 1.68 bits per heavy atom. The first kappa shape index (κ1) is 24.0. The molecule has 0 saturated carbocycles. The molecule has 0 radical (unpaired) electrons. The van der Waals surface area contributed by atoms with Crippen LogP contribution in [0.4, 0.5) is 11.4 Å². The maximum atomic E-state index is 12.8. The van der Waals surface area contributed by atoms with E-state index < -0.39 is 24.1 Å². The summed E-state index contributed by atoms with van der Waals surface area (Å²) in [5, 5.41) is 35.9. The van der Waals surface area contributed by atoms with Gasteiger partial charge in [-0.25, -0.2) is 9.59 Å². The van der Waals surface area contributed by atoms with Crippen LogP contribution < -0.4 is 10.2 Å². The van der Waals surface area contributed by atoms with Gasteiger partial charge in [0.1, 0.15) is 0 Å². The van der Waals surface area contributed by atoms with Crippen LogP contribution in [0.15, 0.2) is 60.7 Å². The van der Waals surface area contributed by atoms with Gasteiger partial charge in [0.25, 0.3) is 0 Å². The molecule has 1 aliphatic heterocycles. The molecule has 5 N–H and O–H groups in total. The van der Waals surface area contributed by atoms with Gasteiger partial charge in [-0.1, -0.05) is 36.4 Å². The first-order valence-corrected chi connectivity index (χ1v) is 9.76. The van der Waals surface area contributed by atoms with Gasteiger partial charge in [-0.2, -0.15) is 0 Å². The fourth-order valence-corrected chi connectivity index (χ4v) is 3.09. The van der Waals surface area contributed by atoms with E-state index in [9.17, 15) is 14.4 Å². The Morgan fingerprint density at radius 1 is 0.871 bits per heavy atom. The number of hydrogen-bond donors (Lipinski definition) is 5. The zero-order valence-corrected chi connectivity index (χ0v) is 16.8. The second-order valence-corrected chi connectivity index (χ2v) is 7.03. The summed E-state index contributed by atoms with van der Waals surface area (Å²) < 4.78 is 0. The number of para-hydroxylation sites is 2. The topological polar surface area (TPSA) is 147 Å². The molecule has 1 heterocycles. The Labute approximate surface area is 179 Å². The number of rotatable bonds is 7. The van der Waals surface area contributed by atoms with Gasteiger partial charge < -0.3 is 25.7 Å². The van der Waals surface area contributed by atoms with Crippen LogP contribution in [0.3, 0.4) is 0 Å². The van der Waals surface area contributed by atoms with Gasteiger partial charge >= 0.3 is 11.9 Å². The van der Waals surface area contributed by atoms with Gasteiger partial charge in [-0.3, -0.25) is 9.69 Å². The molecule has 3 rings (SSSR count). The Kier molecular flexibility index (Phi) is 9.13. The van der Waals surface area contributed by atoms with Crippen molar-refractivity contribution in [1.82, 2.24) is 5.32 Å². The molecule has 2 aromatic rings. The summed E-state index contributed by atoms with van der Waals surface area (Å²) in [4.78, 5) is 34.2. The zero-order chi connectivity index (χ0) is 22.8. The summed E-state index contributed by atoms with van der Waals surface area (Å²) in [6, 6.07) is 19.7. The van der Waals surface area contributed by atoms with Crippen molar-refractivity contribution >= 4 is 29.2 Å². The van der Waals surface area contributed by atoms with Gasteiger partial charge in [-0.05, 0) is 49.7 Å². The molecule has 0 aromatic heterocycles. The maximum Gasteiger partial charge on any atom is 0.335 e. The largest absolute Gasteiger partial charge is 0.479 e. The van der Waals surface area contributed by atoms with Crippen molar-refractivity contribution in [1.29, 1.82) is 0 Å². The Balaban J connectivity index is 0.000000291. The van der Waals surface area contributed by atoms with E-state index in [1.54, 1.807) is 0 Å². The van der Waals surface area contributed by atoms with E-state index in [4.69, 9.17) is 20.4 Å². The van der Waals surface area contributed by atoms with Crippen LogP contribution in [0.2, 0.25) is 0 Å². The zero-order valence-electron chi connectivity index (χ0n) is 16.8. The molecule has 3 atom stereocenters. The summed E-state index contributed by atoms with van der Waals surface area (Å²) in [5.74, 6) is -2.92. The van der Waals surface area contributed by atoms with Crippen LogP contribution in [-0.2, 0) is 14.4 Å². The molecule has 0 bridgehead atoms. The molecule has 0 aliphatic carbocycles. The number of carbonyl (C=O) groups is 3. The smallest absolute Gasteiger partial charge is 0.335 e. The number of anilines is 2. The molecule has 9 heteroatoms. The van der Waals surface area contributed by atoms with Crippen LogP contribution in [0, 0.1) is 5.92 Å². The Hall–Kier alpha value is -3.27. The van der Waals surface area contributed by atoms with E-state index in [1.807, 2.05) is 65.6 Å². The van der Waals surface area contributed by atoms with Crippen molar-refractivity contribution in [2.75, 3.05) is 18.0 Å². The molecule has 9 nitrogen and oxygen atoms in total. The van der Waals surface area contributed by atoms with E-state index in [0.29, 0.717) is 12.3 Å². The van der Waals surface area contributed by atoms with Crippen LogP contribution in [0.25, 0.3) is 0 Å². The lowest BCUT2D eigenvalue weighted by Crippen LogP contribution is -2.39. The van der Waals surface area contributed by atoms with E-state index in [-0.39, 0.29) is 5.91 Å². The molecule has 2 unspecified atom stereocenters. The van der Waals surface area contributed by atoms with Crippen LogP contribution in [0.1, 0.15) is 12.8 Å². The second-order valence-electron chi connectivity index (χ2n) is 7.03. The molecule has 2 aromatic carbocycles. The van der Waals surface area contributed by atoms with Gasteiger partial charge in [0.05, 0.1) is 0 Å². The summed E-state index contributed by atoms with van der Waals surface area (Å²) in [7, 11) is 0. The predicted molar refractivity (Wildman–Crippen MR) is 113 cm³/mol. The van der Waals surface area contributed by atoms with Crippen molar-refractivity contribution < 1.29 is 34.8 Å². The normalized spacial score (nSPS) is 17.0. The molecular formula is C22H26N2O7. The fourth-order valence-electron chi connectivity index (χ4n) is 3.09. The highest BCUT2D eigenvalue weighted by Gasteiger charge is 2.29. The van der Waals surface area contributed by atoms with E-state index in [1.165, 1.54) is 0 Å². The Morgan fingerprint density at radius 2 is 1.32 bits per heavy atom.